The third-order valence-electron chi connectivity index (χ3n) is 2.58. The van der Waals surface area contributed by atoms with Gasteiger partial charge in [-0.15, -0.1) is 0 Å². The van der Waals surface area contributed by atoms with E-state index < -0.39 is 10.0 Å². The number of aromatic amines is 1. The van der Waals surface area contributed by atoms with E-state index in [1.807, 2.05) is 6.92 Å². The van der Waals surface area contributed by atoms with E-state index in [1.54, 1.807) is 6.07 Å². The quantitative estimate of drug-likeness (QED) is 0.565. The van der Waals surface area contributed by atoms with E-state index in [9.17, 15) is 8.42 Å². The number of aromatic nitrogens is 1. The number of hydrogen-bond acceptors (Lipinski definition) is 4. The predicted molar refractivity (Wildman–Crippen MR) is 79.0 cm³/mol. The Morgan fingerprint density at radius 1 is 1.40 bits per heavy atom. The number of sulfonamides is 1. The maximum absolute atomic E-state index is 12.0. The average Bonchev–Trinajstić information content (AvgIpc) is 2.85. The van der Waals surface area contributed by atoms with Crippen molar-refractivity contribution in [1.29, 1.82) is 0 Å². The number of nitrogens with one attached hydrogen (secondary N) is 3. The van der Waals surface area contributed by atoms with Gasteiger partial charge in [-0.1, -0.05) is 20.8 Å². The molecule has 1 aromatic rings. The molecule has 0 aliphatic rings. The summed E-state index contributed by atoms with van der Waals surface area (Å²) in [7, 11) is -3.45. The van der Waals surface area contributed by atoms with Crippen LogP contribution in [0.25, 0.3) is 0 Å². The van der Waals surface area contributed by atoms with Gasteiger partial charge in [0.25, 0.3) is 0 Å². The Hall–Kier alpha value is -0.890. The lowest BCUT2D eigenvalue weighted by Crippen LogP contribution is -2.27. The van der Waals surface area contributed by atoms with Crippen molar-refractivity contribution in [3.8, 4) is 0 Å². The monoisotopic (exact) mass is 303 g/mol. The van der Waals surface area contributed by atoms with Crippen LogP contribution in [0.3, 0.4) is 0 Å². The highest BCUT2D eigenvalue weighted by atomic mass is 32.2. The molecule has 20 heavy (non-hydrogen) atoms. The van der Waals surface area contributed by atoms with Gasteiger partial charge in [0.1, 0.15) is 0 Å². The highest BCUT2D eigenvalue weighted by molar-refractivity contribution is 7.89. The topological polar surface area (TPSA) is 83.2 Å². The minimum atomic E-state index is -3.45. The summed E-state index contributed by atoms with van der Waals surface area (Å²) in [6.07, 6.45) is 1.50. The zero-order chi connectivity index (χ0) is 15.0. The molecule has 0 bridgehead atoms. The molecule has 6 nitrogen and oxygen atoms in total. The van der Waals surface area contributed by atoms with Gasteiger partial charge in [-0.05, 0) is 18.5 Å². The predicted octanol–water partition coefficient (Wildman–Crippen LogP) is 1.08. The highest BCUT2D eigenvalue weighted by Gasteiger charge is 2.15. The molecule has 116 valence electrons. The molecule has 0 aromatic carbocycles. The Bertz CT molecular complexity index is 483. The molecule has 3 N–H and O–H groups in total. The first-order valence-electron chi connectivity index (χ1n) is 6.91. The summed E-state index contributed by atoms with van der Waals surface area (Å²) in [5.41, 5.74) is 0.850. The summed E-state index contributed by atoms with van der Waals surface area (Å²) in [5, 5.41) is 3.13. The summed E-state index contributed by atoms with van der Waals surface area (Å²) >= 11 is 0. The molecular formula is C13H25N3O3S. The lowest BCUT2D eigenvalue weighted by Gasteiger charge is -2.07. The van der Waals surface area contributed by atoms with Gasteiger partial charge in [0, 0.05) is 31.6 Å². The first-order chi connectivity index (χ1) is 9.45. The highest BCUT2D eigenvalue weighted by Crippen LogP contribution is 2.10. The van der Waals surface area contributed by atoms with Crippen molar-refractivity contribution < 1.29 is 13.2 Å². The van der Waals surface area contributed by atoms with Crippen molar-refractivity contribution in [2.75, 3.05) is 26.3 Å². The molecule has 0 spiro atoms. The van der Waals surface area contributed by atoms with Crippen LogP contribution in [0.5, 0.6) is 0 Å². The summed E-state index contributed by atoms with van der Waals surface area (Å²) in [4.78, 5) is 3.21. The molecule has 0 amide bonds. The molecule has 0 fully saturated rings. The van der Waals surface area contributed by atoms with E-state index in [1.165, 1.54) is 6.20 Å². The van der Waals surface area contributed by atoms with Gasteiger partial charge in [0.2, 0.25) is 10.0 Å². The van der Waals surface area contributed by atoms with E-state index in [0.29, 0.717) is 25.7 Å². The molecular weight excluding hydrogens is 278 g/mol. The van der Waals surface area contributed by atoms with Gasteiger partial charge >= 0.3 is 0 Å². The fourth-order valence-corrected chi connectivity index (χ4v) is 2.62. The number of hydrogen-bond donors (Lipinski definition) is 3. The molecule has 0 saturated carbocycles. The van der Waals surface area contributed by atoms with E-state index in [4.69, 9.17) is 4.74 Å². The van der Waals surface area contributed by atoms with Gasteiger partial charge in [-0.2, -0.15) is 0 Å². The Balaban J connectivity index is 2.41. The standard InChI is InChI=1S/C13H25N3O3S/c1-4-14-8-12-7-13(9-15-12)20(17,18)16-5-6-19-10-11(2)3/h7,9,11,14-16H,4-6,8,10H2,1-3H3. The van der Waals surface area contributed by atoms with Gasteiger partial charge < -0.3 is 15.0 Å². The molecule has 0 unspecified atom stereocenters. The maximum atomic E-state index is 12.0. The molecule has 1 aromatic heterocycles. The fraction of sp³-hybridized carbons (Fsp3) is 0.692. The Morgan fingerprint density at radius 3 is 2.80 bits per heavy atom. The van der Waals surface area contributed by atoms with Crippen molar-refractivity contribution in [2.45, 2.75) is 32.2 Å². The van der Waals surface area contributed by atoms with Crippen LogP contribution in [0, 0.1) is 5.92 Å². The summed E-state index contributed by atoms with van der Waals surface area (Å²) < 4.78 is 31.9. The van der Waals surface area contributed by atoms with Crippen LogP contribution in [0.2, 0.25) is 0 Å². The van der Waals surface area contributed by atoms with Crippen LogP contribution in [0.15, 0.2) is 17.2 Å². The first-order valence-corrected chi connectivity index (χ1v) is 8.39. The zero-order valence-electron chi connectivity index (χ0n) is 12.4. The van der Waals surface area contributed by atoms with Gasteiger partial charge in [-0.25, -0.2) is 13.1 Å². The van der Waals surface area contributed by atoms with Crippen LogP contribution in [-0.4, -0.2) is 39.7 Å². The SMILES string of the molecule is CCNCc1cc(S(=O)(=O)NCCOCC(C)C)c[nH]1. The molecule has 1 heterocycles. The molecule has 0 aliphatic heterocycles. The van der Waals surface area contributed by atoms with Gasteiger partial charge in [-0.3, -0.25) is 0 Å². The molecule has 0 radical (unpaired) electrons. The Morgan fingerprint density at radius 2 is 2.15 bits per heavy atom. The normalized spacial score (nSPS) is 12.2. The van der Waals surface area contributed by atoms with Crippen molar-refractivity contribution in [3.05, 3.63) is 18.0 Å². The smallest absolute Gasteiger partial charge is 0.242 e. The van der Waals surface area contributed by atoms with Gasteiger partial charge in [0.15, 0.2) is 0 Å². The number of ether oxygens (including phenoxy) is 1. The van der Waals surface area contributed by atoms with E-state index >= 15 is 0 Å². The average molecular weight is 303 g/mol. The van der Waals surface area contributed by atoms with Crippen LogP contribution in [0.4, 0.5) is 0 Å². The van der Waals surface area contributed by atoms with E-state index in [2.05, 4.69) is 28.9 Å². The lowest BCUT2D eigenvalue weighted by molar-refractivity contribution is 0.114. The third kappa shape index (κ3) is 6.04. The third-order valence-corrected chi connectivity index (χ3v) is 4.02. The Labute approximate surface area is 121 Å². The van der Waals surface area contributed by atoms with E-state index in [0.717, 1.165) is 12.2 Å². The molecule has 0 saturated heterocycles. The maximum Gasteiger partial charge on any atom is 0.242 e. The van der Waals surface area contributed by atoms with Crippen LogP contribution in [0.1, 0.15) is 26.5 Å². The molecule has 0 atom stereocenters. The van der Waals surface area contributed by atoms with Crippen molar-refractivity contribution in [3.63, 3.8) is 0 Å². The van der Waals surface area contributed by atoms with Crippen molar-refractivity contribution >= 4 is 10.0 Å². The summed E-state index contributed by atoms with van der Waals surface area (Å²) in [5.74, 6) is 0.449. The molecule has 1 rings (SSSR count). The van der Waals surface area contributed by atoms with Crippen LogP contribution < -0.4 is 10.0 Å². The minimum absolute atomic E-state index is 0.259. The van der Waals surface area contributed by atoms with Crippen molar-refractivity contribution in [1.82, 2.24) is 15.0 Å². The first kappa shape index (κ1) is 17.2. The van der Waals surface area contributed by atoms with E-state index in [-0.39, 0.29) is 11.4 Å². The minimum Gasteiger partial charge on any atom is -0.380 e. The second-order valence-electron chi connectivity index (χ2n) is 5.01. The number of H-pyrrole nitrogens is 1. The second kappa shape index (κ2) is 8.41. The van der Waals surface area contributed by atoms with Crippen molar-refractivity contribution in [2.24, 2.45) is 5.92 Å². The van der Waals surface area contributed by atoms with Crippen LogP contribution in [-0.2, 0) is 21.3 Å². The lowest BCUT2D eigenvalue weighted by atomic mass is 10.2. The van der Waals surface area contributed by atoms with Crippen LogP contribution >= 0.6 is 0 Å². The zero-order valence-corrected chi connectivity index (χ0v) is 13.2. The molecule has 0 aliphatic carbocycles. The summed E-state index contributed by atoms with van der Waals surface area (Å²) in [6.45, 7) is 8.87. The van der Waals surface area contributed by atoms with Gasteiger partial charge in [0.05, 0.1) is 11.5 Å². The fourth-order valence-electron chi connectivity index (χ4n) is 1.59. The number of rotatable bonds is 10. The largest absolute Gasteiger partial charge is 0.380 e. The second-order valence-corrected chi connectivity index (χ2v) is 6.77. The Kier molecular flexibility index (Phi) is 7.22. The summed E-state index contributed by atoms with van der Waals surface area (Å²) in [6, 6.07) is 1.64. The molecule has 7 heteroatoms.